The number of hydrogen-bond acceptors (Lipinski definition) is 6. The fourth-order valence-corrected chi connectivity index (χ4v) is 2.32. The van der Waals surface area contributed by atoms with Gasteiger partial charge in [0.2, 0.25) is 0 Å². The highest BCUT2D eigenvalue weighted by molar-refractivity contribution is 7.80. The van der Waals surface area contributed by atoms with E-state index >= 15 is 0 Å². The SMILES string of the molecule is CCC(OCCCS)C(CCOCCCS)OCCCS. The zero-order chi connectivity index (χ0) is 15.8. The standard InChI is InChI=1S/C15H32O3S3/c1-2-14(17-8-4-12-20)15(18-9-5-13-21)6-10-16-7-3-11-19/h14-15,19-21H,2-13H2,1H3. The Labute approximate surface area is 147 Å². The summed E-state index contributed by atoms with van der Waals surface area (Å²) in [5.41, 5.74) is 0. The maximum absolute atomic E-state index is 5.98. The molecule has 0 saturated heterocycles. The van der Waals surface area contributed by atoms with E-state index in [0.717, 1.165) is 69.2 Å². The molecular formula is C15H32O3S3. The molecule has 21 heavy (non-hydrogen) atoms. The van der Waals surface area contributed by atoms with E-state index in [-0.39, 0.29) is 12.2 Å². The molecule has 2 atom stereocenters. The van der Waals surface area contributed by atoms with Crippen molar-refractivity contribution in [2.45, 2.75) is 51.2 Å². The van der Waals surface area contributed by atoms with Crippen LogP contribution >= 0.6 is 37.9 Å². The summed E-state index contributed by atoms with van der Waals surface area (Å²) in [7, 11) is 0. The van der Waals surface area contributed by atoms with E-state index in [1.54, 1.807) is 0 Å². The maximum atomic E-state index is 5.98. The second-order valence-corrected chi connectivity index (χ2v) is 6.20. The fourth-order valence-electron chi connectivity index (χ4n) is 1.93. The van der Waals surface area contributed by atoms with Crippen LogP contribution < -0.4 is 0 Å². The zero-order valence-corrected chi connectivity index (χ0v) is 15.9. The second kappa shape index (κ2) is 17.3. The summed E-state index contributed by atoms with van der Waals surface area (Å²) >= 11 is 12.6. The summed E-state index contributed by atoms with van der Waals surface area (Å²) in [4.78, 5) is 0. The molecule has 0 N–H and O–H groups in total. The molecule has 0 amide bonds. The third kappa shape index (κ3) is 13.1. The van der Waals surface area contributed by atoms with Crippen molar-refractivity contribution in [1.82, 2.24) is 0 Å². The molecule has 0 radical (unpaired) electrons. The van der Waals surface area contributed by atoms with Crippen molar-refractivity contribution in [2.75, 3.05) is 43.7 Å². The third-order valence-corrected chi connectivity index (χ3v) is 4.03. The van der Waals surface area contributed by atoms with Gasteiger partial charge < -0.3 is 14.2 Å². The van der Waals surface area contributed by atoms with Gasteiger partial charge in [-0.15, -0.1) is 0 Å². The Kier molecular flexibility index (Phi) is 18.1. The minimum atomic E-state index is 0.103. The molecule has 2 unspecified atom stereocenters. The number of thiol groups is 3. The van der Waals surface area contributed by atoms with Gasteiger partial charge in [-0.1, -0.05) is 6.92 Å². The predicted octanol–water partition coefficient (Wildman–Crippen LogP) is 3.53. The lowest BCUT2D eigenvalue weighted by Crippen LogP contribution is -2.33. The Bertz CT molecular complexity index is 209. The van der Waals surface area contributed by atoms with Gasteiger partial charge in [0.05, 0.1) is 12.2 Å². The Morgan fingerprint density at radius 2 is 1.24 bits per heavy atom. The minimum Gasteiger partial charge on any atom is -0.381 e. The average Bonchev–Trinajstić information content (AvgIpc) is 2.50. The molecule has 0 aliphatic carbocycles. The van der Waals surface area contributed by atoms with Crippen LogP contribution in [-0.2, 0) is 14.2 Å². The van der Waals surface area contributed by atoms with Gasteiger partial charge in [0.1, 0.15) is 0 Å². The Morgan fingerprint density at radius 3 is 1.76 bits per heavy atom. The van der Waals surface area contributed by atoms with Gasteiger partial charge in [0.25, 0.3) is 0 Å². The lowest BCUT2D eigenvalue weighted by atomic mass is 10.1. The molecule has 128 valence electrons. The van der Waals surface area contributed by atoms with Crippen molar-refractivity contribution >= 4 is 37.9 Å². The van der Waals surface area contributed by atoms with Crippen molar-refractivity contribution in [3.8, 4) is 0 Å². The van der Waals surface area contributed by atoms with Crippen LogP contribution in [0.1, 0.15) is 39.0 Å². The van der Waals surface area contributed by atoms with Gasteiger partial charge in [-0.2, -0.15) is 37.9 Å². The minimum absolute atomic E-state index is 0.103. The first-order valence-corrected chi connectivity index (χ1v) is 9.83. The van der Waals surface area contributed by atoms with E-state index in [1.165, 1.54) is 0 Å². The van der Waals surface area contributed by atoms with Crippen LogP contribution in [0.25, 0.3) is 0 Å². The normalized spacial score (nSPS) is 14.3. The topological polar surface area (TPSA) is 27.7 Å². The smallest absolute Gasteiger partial charge is 0.0858 e. The van der Waals surface area contributed by atoms with Crippen LogP contribution in [0.5, 0.6) is 0 Å². The first-order valence-electron chi connectivity index (χ1n) is 7.93. The van der Waals surface area contributed by atoms with Gasteiger partial charge in [-0.3, -0.25) is 0 Å². The average molecular weight is 357 g/mol. The Morgan fingerprint density at radius 1 is 0.714 bits per heavy atom. The Hall–Kier alpha value is 0.930. The lowest BCUT2D eigenvalue weighted by Gasteiger charge is -2.27. The second-order valence-electron chi connectivity index (χ2n) is 4.86. The first kappa shape index (κ1) is 21.9. The predicted molar refractivity (Wildman–Crippen MR) is 101 cm³/mol. The summed E-state index contributed by atoms with van der Waals surface area (Å²) in [5, 5.41) is 0. The van der Waals surface area contributed by atoms with Crippen LogP contribution in [0.3, 0.4) is 0 Å². The number of hydrogen-bond donors (Lipinski definition) is 3. The summed E-state index contributed by atoms with van der Waals surface area (Å²) in [6.45, 7) is 5.10. The molecule has 0 aliphatic heterocycles. The molecule has 3 nitrogen and oxygen atoms in total. The van der Waals surface area contributed by atoms with Crippen molar-refractivity contribution in [2.24, 2.45) is 0 Å². The van der Waals surface area contributed by atoms with Crippen LogP contribution in [0.4, 0.5) is 0 Å². The highest BCUT2D eigenvalue weighted by Gasteiger charge is 2.21. The summed E-state index contributed by atoms with van der Waals surface area (Å²) in [5.74, 6) is 2.57. The third-order valence-electron chi connectivity index (χ3n) is 3.08. The van der Waals surface area contributed by atoms with Gasteiger partial charge in [0.15, 0.2) is 0 Å². The summed E-state index contributed by atoms with van der Waals surface area (Å²) in [6, 6.07) is 0. The van der Waals surface area contributed by atoms with E-state index in [0.29, 0.717) is 6.61 Å². The molecule has 6 heteroatoms. The highest BCUT2D eigenvalue weighted by atomic mass is 32.1. The largest absolute Gasteiger partial charge is 0.381 e. The van der Waals surface area contributed by atoms with E-state index in [1.807, 2.05) is 0 Å². The van der Waals surface area contributed by atoms with Gasteiger partial charge in [0, 0.05) is 26.4 Å². The van der Waals surface area contributed by atoms with Crippen molar-refractivity contribution in [3.05, 3.63) is 0 Å². The molecule has 0 fully saturated rings. The van der Waals surface area contributed by atoms with E-state index in [2.05, 4.69) is 44.8 Å². The molecule has 0 heterocycles. The van der Waals surface area contributed by atoms with Gasteiger partial charge >= 0.3 is 0 Å². The first-order chi connectivity index (χ1) is 10.3. The molecular weight excluding hydrogens is 324 g/mol. The van der Waals surface area contributed by atoms with Crippen LogP contribution in [-0.4, -0.2) is 55.9 Å². The quantitative estimate of drug-likeness (QED) is 0.292. The molecule has 0 rings (SSSR count). The maximum Gasteiger partial charge on any atom is 0.0858 e. The van der Waals surface area contributed by atoms with Gasteiger partial charge in [-0.05, 0) is 49.4 Å². The summed E-state index contributed by atoms with van der Waals surface area (Å²) < 4.78 is 17.5. The number of rotatable bonds is 16. The van der Waals surface area contributed by atoms with Crippen molar-refractivity contribution in [3.63, 3.8) is 0 Å². The molecule has 0 aromatic carbocycles. The van der Waals surface area contributed by atoms with E-state index in [4.69, 9.17) is 14.2 Å². The van der Waals surface area contributed by atoms with Crippen molar-refractivity contribution < 1.29 is 14.2 Å². The summed E-state index contributed by atoms with van der Waals surface area (Å²) in [6.07, 6.45) is 5.00. The Balaban J connectivity index is 4.11. The van der Waals surface area contributed by atoms with Crippen LogP contribution in [0, 0.1) is 0 Å². The van der Waals surface area contributed by atoms with E-state index in [9.17, 15) is 0 Å². The monoisotopic (exact) mass is 356 g/mol. The van der Waals surface area contributed by atoms with Gasteiger partial charge in [-0.25, -0.2) is 0 Å². The molecule has 0 aromatic rings. The number of ether oxygens (including phenoxy) is 3. The molecule has 0 aromatic heterocycles. The van der Waals surface area contributed by atoms with Crippen LogP contribution in [0.15, 0.2) is 0 Å². The van der Waals surface area contributed by atoms with Crippen molar-refractivity contribution in [1.29, 1.82) is 0 Å². The molecule has 0 saturated carbocycles. The zero-order valence-electron chi connectivity index (χ0n) is 13.2. The molecule has 0 bridgehead atoms. The molecule has 0 spiro atoms. The van der Waals surface area contributed by atoms with Crippen LogP contribution in [0.2, 0.25) is 0 Å². The highest BCUT2D eigenvalue weighted by Crippen LogP contribution is 2.14. The lowest BCUT2D eigenvalue weighted by molar-refractivity contribution is -0.0848. The van der Waals surface area contributed by atoms with E-state index < -0.39 is 0 Å². The molecule has 0 aliphatic rings. The fraction of sp³-hybridized carbons (Fsp3) is 1.00.